The number of halogens is 3. The Bertz CT molecular complexity index is 4360. The molecule has 0 fully saturated rings. The first-order chi connectivity index (χ1) is 36.3. The van der Waals surface area contributed by atoms with Gasteiger partial charge in [0.2, 0.25) is 0 Å². The minimum Gasteiger partial charge on any atom is -0.309 e. The Balaban J connectivity index is 1.10. The first kappa shape index (κ1) is 44.1. The lowest BCUT2D eigenvalue weighted by atomic mass is 9.97. The average molecular weight is 961 g/mol. The summed E-state index contributed by atoms with van der Waals surface area (Å²) in [6, 6.07) is 78.1. The molecule has 0 unspecified atom stereocenters. The summed E-state index contributed by atoms with van der Waals surface area (Å²) < 4.78 is 49.5. The number of benzene rings is 10. The van der Waals surface area contributed by atoms with E-state index in [4.69, 9.17) is 15.0 Å². The third-order valence-electron chi connectivity index (χ3n) is 13.9. The van der Waals surface area contributed by atoms with Gasteiger partial charge >= 0.3 is 6.18 Å². The van der Waals surface area contributed by atoms with Crippen molar-refractivity contribution in [3.8, 4) is 85.0 Å². The second kappa shape index (κ2) is 17.7. The van der Waals surface area contributed by atoms with Crippen molar-refractivity contribution in [2.24, 2.45) is 0 Å². The van der Waals surface area contributed by atoms with Crippen LogP contribution in [0.15, 0.2) is 237 Å². The fraction of sp³-hybridized carbons (Fsp3) is 0.0154. The number of para-hydroxylation sites is 2. The summed E-state index contributed by atoms with van der Waals surface area (Å²) >= 11 is 0. The molecule has 350 valence electrons. The highest BCUT2D eigenvalue weighted by atomic mass is 19.4. The molecule has 0 bridgehead atoms. The quantitative estimate of drug-likeness (QED) is 0.152. The minimum absolute atomic E-state index is 0.0568. The van der Waals surface area contributed by atoms with Crippen molar-refractivity contribution in [2.45, 2.75) is 6.18 Å². The molecular formula is C65H39F3N6. The van der Waals surface area contributed by atoms with Gasteiger partial charge in [0.1, 0.15) is 0 Å². The number of alkyl halides is 3. The normalized spacial score (nSPS) is 11.7. The van der Waals surface area contributed by atoms with Crippen LogP contribution < -0.4 is 0 Å². The van der Waals surface area contributed by atoms with E-state index in [1.165, 1.54) is 6.07 Å². The first-order valence-electron chi connectivity index (χ1n) is 24.1. The van der Waals surface area contributed by atoms with Gasteiger partial charge in [-0.3, -0.25) is 0 Å². The zero-order valence-corrected chi connectivity index (χ0v) is 39.3. The highest BCUT2D eigenvalue weighted by molar-refractivity contribution is 6.12. The predicted molar refractivity (Wildman–Crippen MR) is 291 cm³/mol. The van der Waals surface area contributed by atoms with Gasteiger partial charge in [0.05, 0.1) is 50.6 Å². The monoisotopic (exact) mass is 960 g/mol. The maximum Gasteiger partial charge on any atom is 0.416 e. The van der Waals surface area contributed by atoms with Crippen LogP contribution in [0.2, 0.25) is 0 Å². The third-order valence-corrected chi connectivity index (χ3v) is 13.9. The summed E-state index contributed by atoms with van der Waals surface area (Å²) in [7, 11) is 0. The largest absolute Gasteiger partial charge is 0.416 e. The van der Waals surface area contributed by atoms with Crippen molar-refractivity contribution in [2.75, 3.05) is 0 Å². The van der Waals surface area contributed by atoms with Crippen molar-refractivity contribution < 1.29 is 13.2 Å². The molecule has 0 spiro atoms. The molecule has 0 atom stereocenters. The predicted octanol–water partition coefficient (Wildman–Crippen LogP) is 17.0. The van der Waals surface area contributed by atoms with Gasteiger partial charge in [-0.25, -0.2) is 15.0 Å². The van der Waals surface area contributed by atoms with E-state index in [9.17, 15) is 5.26 Å². The van der Waals surface area contributed by atoms with Gasteiger partial charge in [-0.1, -0.05) is 164 Å². The molecule has 74 heavy (non-hydrogen) atoms. The van der Waals surface area contributed by atoms with Crippen LogP contribution in [0.25, 0.3) is 123 Å². The van der Waals surface area contributed by atoms with Crippen LogP contribution in [0.1, 0.15) is 11.1 Å². The van der Waals surface area contributed by atoms with Crippen LogP contribution in [0.5, 0.6) is 0 Å². The number of nitriles is 1. The molecule has 10 aromatic carbocycles. The Kier molecular flexibility index (Phi) is 10.6. The van der Waals surface area contributed by atoms with Gasteiger partial charge in [0.15, 0.2) is 17.5 Å². The van der Waals surface area contributed by atoms with Gasteiger partial charge < -0.3 is 9.13 Å². The van der Waals surface area contributed by atoms with E-state index in [1.807, 2.05) is 156 Å². The van der Waals surface area contributed by atoms with Crippen LogP contribution >= 0.6 is 0 Å². The third kappa shape index (κ3) is 7.56. The summed E-state index contributed by atoms with van der Waals surface area (Å²) in [5, 5.41) is 14.3. The van der Waals surface area contributed by atoms with Gasteiger partial charge in [-0.2, -0.15) is 18.4 Å². The maximum atomic E-state index is 15.1. The summed E-state index contributed by atoms with van der Waals surface area (Å²) in [6.07, 6.45) is -4.68. The van der Waals surface area contributed by atoms with Crippen LogP contribution in [0.3, 0.4) is 0 Å². The summed E-state index contributed by atoms with van der Waals surface area (Å²) in [5.41, 5.74) is 11.4. The van der Waals surface area contributed by atoms with Crippen molar-refractivity contribution in [3.05, 3.63) is 248 Å². The molecule has 0 amide bonds. The number of hydrogen-bond donors (Lipinski definition) is 0. The SMILES string of the molecule is N#Cc1ccccc1-c1ccc(-c2nc(-c3ccccc3)nc(-c3cc(C(F)(F)F)ccc3-n3c4ccccc4c4cc(-c5ccccc5)ccc43)n2)c(-n2c3ccccc3c3cc(-c4ccccc4)ccc32)c1. The Morgan fingerprint density at radius 1 is 0.338 bits per heavy atom. The van der Waals surface area contributed by atoms with E-state index in [-0.39, 0.29) is 23.0 Å². The Labute approximate surface area is 423 Å². The van der Waals surface area contributed by atoms with Gasteiger partial charge in [0, 0.05) is 38.2 Å². The molecule has 0 radical (unpaired) electrons. The molecule has 9 heteroatoms. The summed E-state index contributed by atoms with van der Waals surface area (Å²) in [6.45, 7) is 0. The van der Waals surface area contributed by atoms with E-state index < -0.39 is 11.7 Å². The molecule has 13 rings (SSSR count). The lowest BCUT2D eigenvalue weighted by Crippen LogP contribution is -2.09. The molecule has 0 aliphatic rings. The molecular weight excluding hydrogens is 922 g/mol. The summed E-state index contributed by atoms with van der Waals surface area (Å²) in [5.74, 6) is 0.582. The standard InChI is InChI=1S/C65H39F3N6/c66-65(67,68)48-31-35-60(73-56-26-14-12-24-50(56)53-36-44(29-33-58(53)73)41-16-4-1-5-17-41)55(39-48)64-71-62(43-20-8-3-9-21-43)70-63(72-64)52-32-28-46(49-23-11-10-22-47(49)40-69)38-61(52)74-57-27-15-13-25-51(57)54-37-45(30-34-59(54)74)42-18-6-2-7-19-42/h1-39H. The van der Waals surface area contributed by atoms with E-state index in [0.29, 0.717) is 28.1 Å². The minimum atomic E-state index is -4.68. The highest BCUT2D eigenvalue weighted by Crippen LogP contribution is 2.43. The Morgan fingerprint density at radius 3 is 1.39 bits per heavy atom. The highest BCUT2D eigenvalue weighted by Gasteiger charge is 2.33. The second-order valence-electron chi connectivity index (χ2n) is 18.2. The first-order valence-corrected chi connectivity index (χ1v) is 24.1. The maximum absolute atomic E-state index is 15.1. The molecule has 3 aromatic heterocycles. The van der Waals surface area contributed by atoms with Crippen molar-refractivity contribution in [3.63, 3.8) is 0 Å². The smallest absolute Gasteiger partial charge is 0.309 e. The van der Waals surface area contributed by atoms with Crippen LogP contribution in [-0.4, -0.2) is 24.1 Å². The van der Waals surface area contributed by atoms with Crippen molar-refractivity contribution in [1.29, 1.82) is 5.26 Å². The van der Waals surface area contributed by atoms with Crippen molar-refractivity contribution >= 4 is 43.6 Å². The van der Waals surface area contributed by atoms with E-state index in [2.05, 4.69) is 71.3 Å². The van der Waals surface area contributed by atoms with Gasteiger partial charge in [0.25, 0.3) is 0 Å². The average Bonchev–Trinajstić information content (AvgIpc) is 3.97. The fourth-order valence-electron chi connectivity index (χ4n) is 10.4. The number of aromatic nitrogens is 5. The van der Waals surface area contributed by atoms with E-state index in [0.717, 1.165) is 89.1 Å². The lowest BCUT2D eigenvalue weighted by Gasteiger charge is -2.18. The second-order valence-corrected chi connectivity index (χ2v) is 18.2. The van der Waals surface area contributed by atoms with Crippen LogP contribution in [0.4, 0.5) is 13.2 Å². The van der Waals surface area contributed by atoms with E-state index in [1.54, 1.807) is 6.07 Å². The Morgan fingerprint density at radius 2 is 0.811 bits per heavy atom. The van der Waals surface area contributed by atoms with Crippen LogP contribution in [-0.2, 0) is 6.18 Å². The fourth-order valence-corrected chi connectivity index (χ4v) is 10.4. The number of fused-ring (bicyclic) bond motifs is 6. The summed E-state index contributed by atoms with van der Waals surface area (Å²) in [4.78, 5) is 15.5. The molecule has 13 aromatic rings. The zero-order chi connectivity index (χ0) is 49.9. The molecule has 0 N–H and O–H groups in total. The van der Waals surface area contributed by atoms with Crippen molar-refractivity contribution in [1.82, 2.24) is 24.1 Å². The topological polar surface area (TPSA) is 72.3 Å². The molecule has 3 heterocycles. The number of nitrogens with zero attached hydrogens (tertiary/aromatic N) is 6. The van der Waals surface area contributed by atoms with E-state index >= 15 is 13.2 Å². The van der Waals surface area contributed by atoms with Gasteiger partial charge in [-0.15, -0.1) is 0 Å². The Hall–Kier alpha value is -9.91. The molecule has 0 saturated heterocycles. The zero-order valence-electron chi connectivity index (χ0n) is 39.3. The van der Waals surface area contributed by atoms with Gasteiger partial charge in [-0.05, 0) is 106 Å². The number of rotatable bonds is 8. The number of hydrogen-bond acceptors (Lipinski definition) is 4. The molecule has 6 nitrogen and oxygen atoms in total. The lowest BCUT2D eigenvalue weighted by molar-refractivity contribution is -0.137. The molecule has 0 saturated carbocycles. The molecule has 0 aliphatic carbocycles. The van der Waals surface area contributed by atoms with Crippen LogP contribution in [0, 0.1) is 11.3 Å². The molecule has 0 aliphatic heterocycles.